The maximum absolute atomic E-state index is 4.28. The fraction of sp³-hybridized carbons (Fsp3) is 0.333. The second-order valence-corrected chi connectivity index (χ2v) is 4.79. The van der Waals surface area contributed by atoms with Gasteiger partial charge in [-0.05, 0) is 31.4 Å². The normalized spacial score (nSPS) is 12.7. The summed E-state index contributed by atoms with van der Waals surface area (Å²) in [4.78, 5) is 4.05. The Hall–Kier alpha value is -1.90. The van der Waals surface area contributed by atoms with Crippen LogP contribution >= 0.6 is 0 Å². The Morgan fingerprint density at radius 3 is 2.56 bits per heavy atom. The zero-order chi connectivity index (χ0) is 13.0. The quantitative estimate of drug-likeness (QED) is 0.820. The lowest BCUT2D eigenvalue weighted by Gasteiger charge is -2.28. The van der Waals surface area contributed by atoms with E-state index in [4.69, 9.17) is 0 Å². The van der Waals surface area contributed by atoms with E-state index in [1.54, 1.807) is 12.7 Å². The van der Waals surface area contributed by atoms with Crippen LogP contribution in [0.15, 0.2) is 49.1 Å². The Labute approximate surface area is 108 Å². The summed E-state index contributed by atoms with van der Waals surface area (Å²) < 4.78 is 1.90. The van der Waals surface area contributed by atoms with Gasteiger partial charge in [0.1, 0.15) is 12.7 Å². The van der Waals surface area contributed by atoms with E-state index in [0.717, 1.165) is 6.42 Å². The Bertz CT molecular complexity index is 510. The van der Waals surface area contributed by atoms with Crippen molar-refractivity contribution >= 4 is 5.57 Å². The van der Waals surface area contributed by atoms with Crippen LogP contribution in [0.1, 0.15) is 32.8 Å². The minimum absolute atomic E-state index is 0.201. The standard InChI is InChI=1S/C15H19N3/c1-4-8-14(13-9-6-5-7-10-13)15(2,3)18-12-16-11-17-18/h5-12H,4H2,1-3H3/b14-8+. The molecule has 2 rings (SSSR count). The van der Waals surface area contributed by atoms with Gasteiger partial charge in [-0.1, -0.05) is 43.3 Å². The first-order chi connectivity index (χ1) is 8.66. The molecule has 0 spiro atoms. The highest BCUT2D eigenvalue weighted by Gasteiger charge is 2.26. The van der Waals surface area contributed by atoms with Crippen LogP contribution in [0.3, 0.4) is 0 Å². The summed E-state index contributed by atoms with van der Waals surface area (Å²) in [5, 5.41) is 4.28. The molecule has 0 aliphatic heterocycles. The minimum atomic E-state index is -0.201. The van der Waals surface area contributed by atoms with E-state index < -0.39 is 0 Å². The van der Waals surface area contributed by atoms with Gasteiger partial charge in [0.2, 0.25) is 0 Å². The van der Waals surface area contributed by atoms with Crippen LogP contribution in [0.25, 0.3) is 5.57 Å². The number of allylic oxidation sites excluding steroid dienone is 2. The third kappa shape index (κ3) is 2.35. The third-order valence-corrected chi connectivity index (χ3v) is 3.14. The van der Waals surface area contributed by atoms with Crippen LogP contribution in [-0.4, -0.2) is 14.8 Å². The smallest absolute Gasteiger partial charge is 0.137 e. The summed E-state index contributed by atoms with van der Waals surface area (Å²) in [5.41, 5.74) is 2.31. The fourth-order valence-electron chi connectivity index (χ4n) is 2.16. The molecule has 1 aromatic heterocycles. The molecule has 94 valence electrons. The van der Waals surface area contributed by atoms with Gasteiger partial charge >= 0.3 is 0 Å². The number of hydrogen-bond donors (Lipinski definition) is 0. The number of nitrogens with zero attached hydrogens (tertiary/aromatic N) is 3. The monoisotopic (exact) mass is 241 g/mol. The van der Waals surface area contributed by atoms with E-state index in [0.29, 0.717) is 0 Å². The first-order valence-corrected chi connectivity index (χ1v) is 6.27. The summed E-state index contributed by atoms with van der Waals surface area (Å²) in [6.07, 6.45) is 6.61. The first-order valence-electron chi connectivity index (χ1n) is 6.27. The molecule has 0 fully saturated rings. The Morgan fingerprint density at radius 1 is 1.28 bits per heavy atom. The molecule has 1 aromatic carbocycles. The molecule has 0 unspecified atom stereocenters. The number of benzene rings is 1. The van der Waals surface area contributed by atoms with Crippen LogP contribution in [0.4, 0.5) is 0 Å². The summed E-state index contributed by atoms with van der Waals surface area (Å²) in [5.74, 6) is 0. The zero-order valence-corrected chi connectivity index (χ0v) is 11.2. The van der Waals surface area contributed by atoms with Crippen molar-refractivity contribution < 1.29 is 0 Å². The zero-order valence-electron chi connectivity index (χ0n) is 11.2. The van der Waals surface area contributed by atoms with Gasteiger partial charge in [-0.25, -0.2) is 9.67 Å². The predicted octanol–water partition coefficient (Wildman–Crippen LogP) is 3.51. The molecule has 0 radical (unpaired) electrons. The van der Waals surface area contributed by atoms with Crippen LogP contribution in [0, 0.1) is 0 Å². The maximum Gasteiger partial charge on any atom is 0.137 e. The molecule has 0 atom stereocenters. The van der Waals surface area contributed by atoms with Gasteiger partial charge < -0.3 is 0 Å². The van der Waals surface area contributed by atoms with Crippen LogP contribution in [0.2, 0.25) is 0 Å². The number of rotatable bonds is 4. The van der Waals surface area contributed by atoms with Crippen molar-refractivity contribution in [2.24, 2.45) is 0 Å². The van der Waals surface area contributed by atoms with Crippen molar-refractivity contribution in [3.63, 3.8) is 0 Å². The Morgan fingerprint density at radius 2 is 2.00 bits per heavy atom. The van der Waals surface area contributed by atoms with Crippen molar-refractivity contribution in [1.29, 1.82) is 0 Å². The molecule has 18 heavy (non-hydrogen) atoms. The Kier molecular flexibility index (Phi) is 3.60. The van der Waals surface area contributed by atoms with Crippen LogP contribution < -0.4 is 0 Å². The van der Waals surface area contributed by atoms with E-state index in [1.807, 2.05) is 10.7 Å². The van der Waals surface area contributed by atoms with Gasteiger partial charge in [0, 0.05) is 0 Å². The van der Waals surface area contributed by atoms with Crippen molar-refractivity contribution in [2.75, 3.05) is 0 Å². The molecule has 3 nitrogen and oxygen atoms in total. The molecule has 0 amide bonds. The molecule has 0 N–H and O–H groups in total. The van der Waals surface area contributed by atoms with E-state index in [1.165, 1.54) is 11.1 Å². The van der Waals surface area contributed by atoms with Gasteiger partial charge in [0.05, 0.1) is 5.54 Å². The largest absolute Gasteiger partial charge is 0.243 e. The van der Waals surface area contributed by atoms with E-state index in [2.05, 4.69) is 61.2 Å². The SMILES string of the molecule is CC/C=C(\c1ccccc1)C(C)(C)n1cncn1. The molecule has 0 aliphatic carbocycles. The van der Waals surface area contributed by atoms with Gasteiger partial charge in [-0.2, -0.15) is 5.10 Å². The molecule has 3 heteroatoms. The highest BCUT2D eigenvalue weighted by molar-refractivity contribution is 5.70. The molecule has 0 saturated carbocycles. The lowest BCUT2D eigenvalue weighted by atomic mass is 9.87. The van der Waals surface area contributed by atoms with Crippen molar-refractivity contribution in [1.82, 2.24) is 14.8 Å². The fourth-order valence-corrected chi connectivity index (χ4v) is 2.16. The minimum Gasteiger partial charge on any atom is -0.243 e. The predicted molar refractivity (Wildman–Crippen MR) is 74.1 cm³/mol. The molecule has 1 heterocycles. The van der Waals surface area contributed by atoms with E-state index in [9.17, 15) is 0 Å². The maximum atomic E-state index is 4.28. The van der Waals surface area contributed by atoms with Crippen molar-refractivity contribution in [3.05, 3.63) is 54.6 Å². The topological polar surface area (TPSA) is 30.7 Å². The number of aromatic nitrogens is 3. The average molecular weight is 241 g/mol. The molecule has 2 aromatic rings. The number of hydrogen-bond acceptors (Lipinski definition) is 2. The highest BCUT2D eigenvalue weighted by Crippen LogP contribution is 2.32. The van der Waals surface area contributed by atoms with Crippen LogP contribution in [-0.2, 0) is 5.54 Å². The van der Waals surface area contributed by atoms with Crippen LogP contribution in [0.5, 0.6) is 0 Å². The molecular formula is C15H19N3. The Balaban J connectivity index is 2.47. The molecule has 0 bridgehead atoms. The second kappa shape index (κ2) is 5.17. The highest BCUT2D eigenvalue weighted by atomic mass is 15.3. The summed E-state index contributed by atoms with van der Waals surface area (Å²) in [6, 6.07) is 10.4. The molecular weight excluding hydrogens is 222 g/mol. The van der Waals surface area contributed by atoms with Crippen molar-refractivity contribution in [2.45, 2.75) is 32.7 Å². The summed E-state index contributed by atoms with van der Waals surface area (Å²) >= 11 is 0. The van der Waals surface area contributed by atoms with E-state index >= 15 is 0 Å². The van der Waals surface area contributed by atoms with Gasteiger partial charge in [0.15, 0.2) is 0 Å². The van der Waals surface area contributed by atoms with E-state index in [-0.39, 0.29) is 5.54 Å². The summed E-state index contributed by atoms with van der Waals surface area (Å²) in [7, 11) is 0. The third-order valence-electron chi connectivity index (χ3n) is 3.14. The lowest BCUT2D eigenvalue weighted by Crippen LogP contribution is -2.28. The average Bonchev–Trinajstić information content (AvgIpc) is 2.91. The van der Waals surface area contributed by atoms with Gasteiger partial charge in [-0.15, -0.1) is 0 Å². The second-order valence-electron chi connectivity index (χ2n) is 4.79. The summed E-state index contributed by atoms with van der Waals surface area (Å²) in [6.45, 7) is 6.48. The van der Waals surface area contributed by atoms with Gasteiger partial charge in [-0.3, -0.25) is 0 Å². The van der Waals surface area contributed by atoms with Crippen molar-refractivity contribution in [3.8, 4) is 0 Å². The molecule has 0 aliphatic rings. The van der Waals surface area contributed by atoms with Gasteiger partial charge in [0.25, 0.3) is 0 Å². The first kappa shape index (κ1) is 12.6. The lowest BCUT2D eigenvalue weighted by molar-refractivity contribution is 0.420. The molecule has 0 saturated heterocycles.